The van der Waals surface area contributed by atoms with Gasteiger partial charge in [-0.2, -0.15) is 0 Å². The van der Waals surface area contributed by atoms with Crippen molar-refractivity contribution >= 4 is 5.91 Å². The number of nitrogens with one attached hydrogen (secondary N) is 1. The van der Waals surface area contributed by atoms with Gasteiger partial charge in [-0.1, -0.05) is 45.6 Å². The van der Waals surface area contributed by atoms with E-state index < -0.39 is 0 Å². The van der Waals surface area contributed by atoms with E-state index in [1.165, 1.54) is 0 Å². The van der Waals surface area contributed by atoms with E-state index in [0.717, 1.165) is 11.3 Å². The van der Waals surface area contributed by atoms with Crippen molar-refractivity contribution in [2.45, 2.75) is 34.6 Å². The van der Waals surface area contributed by atoms with Crippen LogP contribution >= 0.6 is 0 Å². The van der Waals surface area contributed by atoms with Gasteiger partial charge in [-0.25, -0.2) is 0 Å². The third kappa shape index (κ3) is 4.63. The average molecular weight is 207 g/mol. The van der Waals surface area contributed by atoms with Crippen molar-refractivity contribution in [3.8, 4) is 0 Å². The molecule has 0 rings (SSSR count). The van der Waals surface area contributed by atoms with E-state index in [0.29, 0.717) is 0 Å². The van der Waals surface area contributed by atoms with E-state index in [4.69, 9.17) is 0 Å². The van der Waals surface area contributed by atoms with Gasteiger partial charge in [0.05, 0.1) is 0 Å². The highest BCUT2D eigenvalue weighted by molar-refractivity contribution is 5.83. The van der Waals surface area contributed by atoms with Crippen LogP contribution < -0.4 is 5.32 Å². The van der Waals surface area contributed by atoms with E-state index in [1.807, 2.05) is 46.8 Å². The monoisotopic (exact) mass is 207 g/mol. The first-order chi connectivity index (χ1) is 6.82. The highest BCUT2D eigenvalue weighted by Gasteiger charge is 2.21. The highest BCUT2D eigenvalue weighted by Crippen LogP contribution is 2.15. The predicted octanol–water partition coefficient (Wildman–Crippen LogP) is 3.18. The van der Waals surface area contributed by atoms with Gasteiger partial charge in [-0.05, 0) is 19.4 Å². The third-order valence-corrected chi connectivity index (χ3v) is 2.01. The van der Waals surface area contributed by atoms with Gasteiger partial charge in [0.2, 0.25) is 5.91 Å². The maximum atomic E-state index is 11.7. The molecular formula is C13H21NO. The number of allylic oxidation sites excluding steroid dienone is 4. The normalized spacial score (nSPS) is 13.7. The zero-order chi connectivity index (χ0) is 12.1. The predicted molar refractivity (Wildman–Crippen MR) is 65.3 cm³/mol. The first-order valence-electron chi connectivity index (χ1n) is 5.10. The lowest BCUT2D eigenvalue weighted by Crippen LogP contribution is -2.34. The molecule has 1 amide bonds. The molecule has 0 spiro atoms. The van der Waals surface area contributed by atoms with Crippen molar-refractivity contribution in [3.05, 3.63) is 36.1 Å². The van der Waals surface area contributed by atoms with Gasteiger partial charge in [0.25, 0.3) is 0 Å². The van der Waals surface area contributed by atoms with Crippen molar-refractivity contribution in [1.82, 2.24) is 5.32 Å². The molecule has 0 bridgehead atoms. The molecule has 0 saturated carbocycles. The molecule has 0 atom stereocenters. The summed E-state index contributed by atoms with van der Waals surface area (Å²) >= 11 is 0. The number of hydrogen-bond donors (Lipinski definition) is 1. The summed E-state index contributed by atoms with van der Waals surface area (Å²) in [5, 5.41) is 2.90. The van der Waals surface area contributed by atoms with Crippen molar-refractivity contribution in [2.75, 3.05) is 0 Å². The molecule has 0 aliphatic carbocycles. The largest absolute Gasteiger partial charge is 0.326 e. The number of rotatable bonds is 3. The van der Waals surface area contributed by atoms with E-state index in [1.54, 1.807) is 6.08 Å². The first-order valence-corrected chi connectivity index (χ1v) is 5.10. The zero-order valence-electron chi connectivity index (χ0n) is 10.3. The summed E-state index contributed by atoms with van der Waals surface area (Å²) in [6.45, 7) is 13.1. The Bertz CT molecular complexity index is 303. The van der Waals surface area contributed by atoms with Crippen molar-refractivity contribution in [2.24, 2.45) is 5.41 Å². The van der Waals surface area contributed by atoms with Crippen molar-refractivity contribution in [1.29, 1.82) is 0 Å². The molecule has 0 fully saturated rings. The molecule has 1 N–H and O–H groups in total. The fourth-order valence-corrected chi connectivity index (χ4v) is 0.975. The number of hydrogen-bond acceptors (Lipinski definition) is 1. The lowest BCUT2D eigenvalue weighted by Gasteiger charge is -2.19. The van der Waals surface area contributed by atoms with Crippen LogP contribution in [-0.2, 0) is 4.79 Å². The fraction of sp³-hybridized carbons (Fsp3) is 0.462. The summed E-state index contributed by atoms with van der Waals surface area (Å²) in [6, 6.07) is 0. The molecular weight excluding hydrogens is 186 g/mol. The maximum Gasteiger partial charge on any atom is 0.229 e. The Morgan fingerprint density at radius 1 is 1.33 bits per heavy atom. The molecule has 0 aromatic rings. The van der Waals surface area contributed by atoms with E-state index in [9.17, 15) is 4.79 Å². The van der Waals surface area contributed by atoms with Gasteiger partial charge in [-0.15, -0.1) is 0 Å². The van der Waals surface area contributed by atoms with Crippen molar-refractivity contribution < 1.29 is 4.79 Å². The van der Waals surface area contributed by atoms with Crippen LogP contribution in [0.1, 0.15) is 34.6 Å². The fourth-order valence-electron chi connectivity index (χ4n) is 0.975. The molecule has 0 heterocycles. The van der Waals surface area contributed by atoms with Crippen LogP contribution in [-0.4, -0.2) is 5.91 Å². The molecule has 0 aliphatic rings. The van der Waals surface area contributed by atoms with Gasteiger partial charge < -0.3 is 5.32 Å². The smallest absolute Gasteiger partial charge is 0.229 e. The molecule has 2 nitrogen and oxygen atoms in total. The number of amides is 1. The number of carbonyl (C=O) groups is 1. The minimum Gasteiger partial charge on any atom is -0.326 e. The third-order valence-electron chi connectivity index (χ3n) is 2.01. The van der Waals surface area contributed by atoms with Crippen LogP contribution in [0.2, 0.25) is 0 Å². The average Bonchev–Trinajstić information content (AvgIpc) is 2.12. The Morgan fingerprint density at radius 2 is 1.87 bits per heavy atom. The Balaban J connectivity index is 4.71. The van der Waals surface area contributed by atoms with Crippen molar-refractivity contribution in [3.63, 3.8) is 0 Å². The lowest BCUT2D eigenvalue weighted by molar-refractivity contribution is -0.127. The van der Waals surface area contributed by atoms with Crippen LogP contribution in [0.3, 0.4) is 0 Å². The van der Waals surface area contributed by atoms with E-state index in [2.05, 4.69) is 11.9 Å². The SMILES string of the molecule is C=C/C=C(C)\C(=C/C)NC(=O)C(C)(C)C. The summed E-state index contributed by atoms with van der Waals surface area (Å²) in [5.74, 6) is 0.0208. The van der Waals surface area contributed by atoms with Gasteiger partial charge >= 0.3 is 0 Å². The summed E-state index contributed by atoms with van der Waals surface area (Å²) < 4.78 is 0. The maximum absolute atomic E-state index is 11.7. The van der Waals surface area contributed by atoms with E-state index in [-0.39, 0.29) is 11.3 Å². The Hall–Kier alpha value is -1.31. The second kappa shape index (κ2) is 5.54. The molecule has 0 saturated heterocycles. The second-order valence-corrected chi connectivity index (χ2v) is 4.49. The highest BCUT2D eigenvalue weighted by atomic mass is 16.2. The van der Waals surface area contributed by atoms with Gasteiger partial charge in [-0.3, -0.25) is 4.79 Å². The van der Waals surface area contributed by atoms with Gasteiger partial charge in [0.15, 0.2) is 0 Å². The van der Waals surface area contributed by atoms with Crippen LogP contribution in [0.4, 0.5) is 0 Å². The standard InChI is InChI=1S/C13H21NO/c1-7-9-10(3)11(8-2)14-12(15)13(4,5)6/h7-9H,1H2,2-6H3,(H,14,15)/b10-9-,11-8+. The molecule has 15 heavy (non-hydrogen) atoms. The minimum absolute atomic E-state index is 0.0208. The summed E-state index contributed by atoms with van der Waals surface area (Å²) in [5.41, 5.74) is 1.47. The summed E-state index contributed by atoms with van der Waals surface area (Å²) in [6.07, 6.45) is 5.47. The lowest BCUT2D eigenvalue weighted by atomic mass is 9.95. The molecule has 0 unspecified atom stereocenters. The molecule has 84 valence electrons. The second-order valence-electron chi connectivity index (χ2n) is 4.49. The van der Waals surface area contributed by atoms with Crippen LogP contribution in [0, 0.1) is 5.41 Å². The van der Waals surface area contributed by atoms with E-state index >= 15 is 0 Å². The number of carbonyl (C=O) groups excluding carboxylic acids is 1. The van der Waals surface area contributed by atoms with Crippen LogP contribution in [0.25, 0.3) is 0 Å². The minimum atomic E-state index is -0.372. The molecule has 0 aliphatic heterocycles. The summed E-state index contributed by atoms with van der Waals surface area (Å²) in [4.78, 5) is 11.7. The molecule has 0 aromatic carbocycles. The molecule has 0 aromatic heterocycles. The van der Waals surface area contributed by atoms with Gasteiger partial charge in [0, 0.05) is 11.1 Å². The Morgan fingerprint density at radius 3 is 2.20 bits per heavy atom. The summed E-state index contributed by atoms with van der Waals surface area (Å²) in [7, 11) is 0. The van der Waals surface area contributed by atoms with Crippen LogP contribution in [0.5, 0.6) is 0 Å². The first kappa shape index (κ1) is 13.7. The zero-order valence-corrected chi connectivity index (χ0v) is 10.3. The Labute approximate surface area is 92.8 Å². The van der Waals surface area contributed by atoms with Crippen LogP contribution in [0.15, 0.2) is 36.1 Å². The van der Waals surface area contributed by atoms with Gasteiger partial charge in [0.1, 0.15) is 0 Å². The quantitative estimate of drug-likeness (QED) is 0.707. The Kier molecular flexibility index (Phi) is 5.06. The molecule has 2 heteroatoms. The topological polar surface area (TPSA) is 29.1 Å². The molecule has 0 radical (unpaired) electrons.